The lowest BCUT2D eigenvalue weighted by Crippen LogP contribution is -2.14. The summed E-state index contributed by atoms with van der Waals surface area (Å²) in [5.74, 6) is 0.621. The zero-order valence-corrected chi connectivity index (χ0v) is 13.2. The van der Waals surface area contributed by atoms with Crippen LogP contribution in [0.15, 0.2) is 42.7 Å². The molecule has 0 aliphatic heterocycles. The van der Waals surface area contributed by atoms with Gasteiger partial charge in [0.25, 0.3) is 5.91 Å². The summed E-state index contributed by atoms with van der Waals surface area (Å²) in [5, 5.41) is 2.86. The van der Waals surface area contributed by atoms with Crippen LogP contribution in [0.4, 0.5) is 5.69 Å². The molecule has 1 heterocycles. The third-order valence-corrected chi connectivity index (χ3v) is 3.64. The fourth-order valence-electron chi connectivity index (χ4n) is 2.48. The maximum atomic E-state index is 12.6. The second kappa shape index (κ2) is 6.00. The molecule has 23 heavy (non-hydrogen) atoms. The molecule has 0 radical (unpaired) electrons. The van der Waals surface area contributed by atoms with Crippen LogP contribution in [-0.4, -0.2) is 29.7 Å². The van der Waals surface area contributed by atoms with Crippen molar-refractivity contribution in [3.8, 4) is 11.5 Å². The number of fused-ring (bicyclic) bond motifs is 1. The van der Waals surface area contributed by atoms with E-state index in [0.29, 0.717) is 22.7 Å². The van der Waals surface area contributed by atoms with Crippen molar-refractivity contribution >= 4 is 22.6 Å². The zero-order chi connectivity index (χ0) is 16.4. The van der Waals surface area contributed by atoms with Crippen LogP contribution < -0.4 is 14.8 Å². The summed E-state index contributed by atoms with van der Waals surface area (Å²) in [6.45, 7) is 0. The Labute approximate surface area is 133 Å². The van der Waals surface area contributed by atoms with Crippen LogP contribution in [0.5, 0.6) is 11.5 Å². The first-order valence-electron chi connectivity index (χ1n) is 7.07. The highest BCUT2D eigenvalue weighted by molar-refractivity contribution is 6.08. The summed E-state index contributed by atoms with van der Waals surface area (Å²) in [6.07, 6.45) is 1.74. The zero-order valence-electron chi connectivity index (χ0n) is 13.2. The predicted molar refractivity (Wildman–Crippen MR) is 88.2 cm³/mol. The second-order valence-electron chi connectivity index (χ2n) is 5.05. The van der Waals surface area contributed by atoms with Crippen LogP contribution in [0.25, 0.3) is 11.0 Å². The van der Waals surface area contributed by atoms with Gasteiger partial charge in [0.15, 0.2) is 0 Å². The number of nitrogens with zero attached hydrogens (tertiary/aromatic N) is 2. The number of methoxy groups -OCH3 is 2. The molecule has 0 bridgehead atoms. The highest BCUT2D eigenvalue weighted by Crippen LogP contribution is 2.29. The van der Waals surface area contributed by atoms with Gasteiger partial charge in [0.2, 0.25) is 0 Å². The van der Waals surface area contributed by atoms with E-state index in [0.717, 1.165) is 11.0 Å². The number of hydrogen-bond acceptors (Lipinski definition) is 4. The second-order valence-corrected chi connectivity index (χ2v) is 5.05. The number of nitrogens with one attached hydrogen (secondary N) is 1. The van der Waals surface area contributed by atoms with Crippen LogP contribution in [0.1, 0.15) is 10.4 Å². The fraction of sp³-hybridized carbons (Fsp3) is 0.176. The molecular weight excluding hydrogens is 294 g/mol. The Balaban J connectivity index is 1.94. The first-order valence-corrected chi connectivity index (χ1v) is 7.07. The van der Waals surface area contributed by atoms with Crippen molar-refractivity contribution in [2.24, 2.45) is 7.05 Å². The molecule has 3 aromatic rings. The van der Waals surface area contributed by atoms with E-state index in [9.17, 15) is 4.79 Å². The van der Waals surface area contributed by atoms with E-state index in [1.54, 1.807) is 24.5 Å². The molecule has 3 rings (SSSR count). The minimum atomic E-state index is -0.297. The summed E-state index contributed by atoms with van der Waals surface area (Å²) in [5.41, 5.74) is 2.84. The molecule has 6 nitrogen and oxygen atoms in total. The summed E-state index contributed by atoms with van der Waals surface area (Å²) in [4.78, 5) is 16.9. The number of imidazole rings is 1. The molecule has 0 unspecified atom stereocenters. The van der Waals surface area contributed by atoms with Gasteiger partial charge < -0.3 is 19.4 Å². The van der Waals surface area contributed by atoms with Crippen molar-refractivity contribution in [1.82, 2.24) is 9.55 Å². The Bertz CT molecular complexity index is 848. The molecule has 0 atom stereocenters. The number of aryl methyl sites for hydroxylation is 1. The molecule has 1 N–H and O–H groups in total. The first-order chi connectivity index (χ1) is 11.1. The number of rotatable bonds is 4. The topological polar surface area (TPSA) is 65.4 Å². The molecule has 1 aromatic heterocycles. The number of amides is 1. The third kappa shape index (κ3) is 2.70. The number of hydrogen-bond donors (Lipinski definition) is 1. The SMILES string of the molecule is COc1cccc(OC)c1C(=O)Nc1ccc2c(c1)ncn2C. The first kappa shape index (κ1) is 14.9. The lowest BCUT2D eigenvalue weighted by atomic mass is 10.1. The van der Waals surface area contributed by atoms with E-state index in [1.165, 1.54) is 14.2 Å². The van der Waals surface area contributed by atoms with Gasteiger partial charge in [0, 0.05) is 12.7 Å². The fourth-order valence-corrected chi connectivity index (χ4v) is 2.48. The number of ether oxygens (including phenoxy) is 2. The Morgan fingerprint density at radius 3 is 2.48 bits per heavy atom. The van der Waals surface area contributed by atoms with Gasteiger partial charge in [-0.25, -0.2) is 4.98 Å². The highest BCUT2D eigenvalue weighted by atomic mass is 16.5. The number of carbonyl (C=O) groups is 1. The number of anilines is 1. The van der Waals surface area contributed by atoms with Gasteiger partial charge in [0.05, 0.1) is 31.6 Å². The van der Waals surface area contributed by atoms with Gasteiger partial charge in [-0.1, -0.05) is 6.07 Å². The molecule has 0 saturated heterocycles. The Morgan fingerprint density at radius 2 is 1.83 bits per heavy atom. The molecule has 2 aromatic carbocycles. The van der Waals surface area contributed by atoms with Gasteiger partial charge in [0.1, 0.15) is 17.1 Å². The molecule has 0 aliphatic carbocycles. The van der Waals surface area contributed by atoms with Crippen molar-refractivity contribution < 1.29 is 14.3 Å². The van der Waals surface area contributed by atoms with E-state index >= 15 is 0 Å². The standard InChI is InChI=1S/C17H17N3O3/c1-20-10-18-12-9-11(7-8-13(12)20)19-17(21)16-14(22-2)5-4-6-15(16)23-3/h4-10H,1-3H3,(H,19,21). The number of benzene rings is 2. The van der Waals surface area contributed by atoms with Gasteiger partial charge in [-0.05, 0) is 30.3 Å². The van der Waals surface area contributed by atoms with E-state index in [2.05, 4.69) is 10.3 Å². The molecule has 6 heteroatoms. The Hall–Kier alpha value is -3.02. The highest BCUT2D eigenvalue weighted by Gasteiger charge is 2.18. The lowest BCUT2D eigenvalue weighted by molar-refractivity contribution is 0.102. The van der Waals surface area contributed by atoms with Crippen molar-refractivity contribution in [2.75, 3.05) is 19.5 Å². The van der Waals surface area contributed by atoms with Gasteiger partial charge in [-0.15, -0.1) is 0 Å². The van der Waals surface area contributed by atoms with Crippen molar-refractivity contribution in [1.29, 1.82) is 0 Å². The van der Waals surface area contributed by atoms with E-state index < -0.39 is 0 Å². The average molecular weight is 311 g/mol. The molecular formula is C17H17N3O3. The Kier molecular flexibility index (Phi) is 3.89. The largest absolute Gasteiger partial charge is 0.496 e. The molecule has 118 valence electrons. The predicted octanol–water partition coefficient (Wildman–Crippen LogP) is 2.84. The van der Waals surface area contributed by atoms with Crippen LogP contribution in [0.3, 0.4) is 0 Å². The summed E-state index contributed by atoms with van der Waals surface area (Å²) >= 11 is 0. The monoisotopic (exact) mass is 311 g/mol. The van der Waals surface area contributed by atoms with Crippen molar-refractivity contribution in [2.45, 2.75) is 0 Å². The minimum Gasteiger partial charge on any atom is -0.496 e. The smallest absolute Gasteiger partial charge is 0.263 e. The number of aromatic nitrogens is 2. The maximum Gasteiger partial charge on any atom is 0.263 e. The van der Waals surface area contributed by atoms with Gasteiger partial charge >= 0.3 is 0 Å². The van der Waals surface area contributed by atoms with E-state index in [1.807, 2.05) is 29.8 Å². The van der Waals surface area contributed by atoms with Crippen LogP contribution in [-0.2, 0) is 7.05 Å². The van der Waals surface area contributed by atoms with Crippen molar-refractivity contribution in [3.63, 3.8) is 0 Å². The summed E-state index contributed by atoms with van der Waals surface area (Å²) < 4.78 is 12.4. The average Bonchev–Trinajstić information content (AvgIpc) is 2.94. The summed E-state index contributed by atoms with van der Waals surface area (Å²) in [6, 6.07) is 10.8. The van der Waals surface area contributed by atoms with E-state index in [-0.39, 0.29) is 5.91 Å². The summed E-state index contributed by atoms with van der Waals surface area (Å²) in [7, 11) is 4.96. The Morgan fingerprint density at radius 1 is 1.13 bits per heavy atom. The quantitative estimate of drug-likeness (QED) is 0.804. The van der Waals surface area contributed by atoms with Crippen LogP contribution >= 0.6 is 0 Å². The van der Waals surface area contributed by atoms with Gasteiger partial charge in [-0.3, -0.25) is 4.79 Å². The molecule has 0 fully saturated rings. The lowest BCUT2D eigenvalue weighted by Gasteiger charge is -2.13. The minimum absolute atomic E-state index is 0.297. The number of carbonyl (C=O) groups excluding carboxylic acids is 1. The third-order valence-electron chi connectivity index (χ3n) is 3.64. The normalized spacial score (nSPS) is 10.6. The molecule has 1 amide bonds. The van der Waals surface area contributed by atoms with Crippen LogP contribution in [0.2, 0.25) is 0 Å². The van der Waals surface area contributed by atoms with Crippen LogP contribution in [0, 0.1) is 0 Å². The molecule has 0 aliphatic rings. The molecule has 0 saturated carbocycles. The molecule has 0 spiro atoms. The maximum absolute atomic E-state index is 12.6. The van der Waals surface area contributed by atoms with E-state index in [4.69, 9.17) is 9.47 Å². The van der Waals surface area contributed by atoms with Crippen molar-refractivity contribution in [3.05, 3.63) is 48.3 Å². The van der Waals surface area contributed by atoms with Gasteiger partial charge in [-0.2, -0.15) is 0 Å².